The molecule has 0 aromatic carbocycles. The van der Waals surface area contributed by atoms with Crippen LogP contribution in [-0.2, 0) is 4.79 Å². The van der Waals surface area contributed by atoms with Crippen molar-refractivity contribution in [2.45, 2.75) is 122 Å². The predicted molar refractivity (Wildman–Crippen MR) is 105 cm³/mol. The summed E-state index contributed by atoms with van der Waals surface area (Å²) in [4.78, 5) is 11.7. The zero-order valence-corrected chi connectivity index (χ0v) is 16.2. The van der Waals surface area contributed by atoms with Crippen LogP contribution in [0, 0.1) is 0 Å². The van der Waals surface area contributed by atoms with Crippen LogP contribution in [0.4, 0.5) is 0 Å². The van der Waals surface area contributed by atoms with Crippen LogP contribution in [0.3, 0.4) is 0 Å². The van der Waals surface area contributed by atoms with Crippen LogP contribution in [-0.4, -0.2) is 11.9 Å². The van der Waals surface area contributed by atoms with Gasteiger partial charge in [-0.3, -0.25) is 4.79 Å². The second-order valence-corrected chi connectivity index (χ2v) is 7.53. The lowest BCUT2D eigenvalue weighted by atomic mass is 9.93. The standard InChI is InChI=1S/C22H41NO/c1-2-3-4-5-6-7-8-9-10-11-12-13-14-15-16-20-22(24)23-21-18-17-19-21/h9-10,21H,2-8,11-20H2,1H3,(H,23,24)/b10-9-. The molecule has 0 unspecified atom stereocenters. The van der Waals surface area contributed by atoms with Gasteiger partial charge in [-0.15, -0.1) is 0 Å². The van der Waals surface area contributed by atoms with E-state index in [9.17, 15) is 4.79 Å². The predicted octanol–water partition coefficient (Wildman–Crippen LogP) is 6.69. The molecule has 2 nitrogen and oxygen atoms in total. The van der Waals surface area contributed by atoms with Crippen LogP contribution in [0.1, 0.15) is 116 Å². The maximum atomic E-state index is 11.7. The Hall–Kier alpha value is -0.790. The van der Waals surface area contributed by atoms with Gasteiger partial charge >= 0.3 is 0 Å². The van der Waals surface area contributed by atoms with Crippen molar-refractivity contribution in [2.75, 3.05) is 0 Å². The van der Waals surface area contributed by atoms with E-state index in [0.29, 0.717) is 6.04 Å². The molecule has 0 spiro atoms. The van der Waals surface area contributed by atoms with E-state index in [0.717, 1.165) is 12.8 Å². The summed E-state index contributed by atoms with van der Waals surface area (Å²) in [6.07, 6.45) is 26.2. The van der Waals surface area contributed by atoms with Gasteiger partial charge in [0.15, 0.2) is 0 Å². The molecule has 0 aromatic rings. The zero-order chi connectivity index (χ0) is 17.3. The highest BCUT2D eigenvalue weighted by atomic mass is 16.1. The lowest BCUT2D eigenvalue weighted by Gasteiger charge is -2.26. The highest BCUT2D eigenvalue weighted by molar-refractivity contribution is 5.76. The molecule has 1 aliphatic rings. The number of nitrogens with one attached hydrogen (secondary N) is 1. The quantitative estimate of drug-likeness (QED) is 0.247. The van der Waals surface area contributed by atoms with Gasteiger partial charge in [0.05, 0.1) is 0 Å². The van der Waals surface area contributed by atoms with Gasteiger partial charge in [-0.25, -0.2) is 0 Å². The number of allylic oxidation sites excluding steroid dienone is 2. The normalized spacial score (nSPS) is 14.9. The third-order valence-electron chi connectivity index (χ3n) is 5.14. The Morgan fingerprint density at radius 3 is 1.92 bits per heavy atom. The molecule has 0 saturated heterocycles. The van der Waals surface area contributed by atoms with E-state index in [1.54, 1.807) is 0 Å². The minimum atomic E-state index is 0.275. The fraction of sp³-hybridized carbons (Fsp3) is 0.864. The van der Waals surface area contributed by atoms with E-state index in [1.807, 2.05) is 0 Å². The van der Waals surface area contributed by atoms with Gasteiger partial charge in [-0.05, 0) is 51.4 Å². The summed E-state index contributed by atoms with van der Waals surface area (Å²) in [5.41, 5.74) is 0. The van der Waals surface area contributed by atoms with E-state index in [-0.39, 0.29) is 5.91 Å². The molecule has 0 aromatic heterocycles. The highest BCUT2D eigenvalue weighted by Crippen LogP contribution is 2.18. The molecule has 1 amide bonds. The van der Waals surface area contributed by atoms with E-state index in [2.05, 4.69) is 24.4 Å². The molecule has 2 heteroatoms. The lowest BCUT2D eigenvalue weighted by Crippen LogP contribution is -2.39. The lowest BCUT2D eigenvalue weighted by molar-refractivity contribution is -0.122. The molecule has 140 valence electrons. The Balaban J connectivity index is 1.73. The van der Waals surface area contributed by atoms with Gasteiger partial charge < -0.3 is 5.32 Å². The number of amides is 1. The van der Waals surface area contributed by atoms with Gasteiger partial charge in [-0.1, -0.05) is 70.4 Å². The molecule has 0 heterocycles. The van der Waals surface area contributed by atoms with Gasteiger partial charge in [0.1, 0.15) is 0 Å². The number of hydrogen-bond acceptors (Lipinski definition) is 1. The van der Waals surface area contributed by atoms with E-state index >= 15 is 0 Å². The van der Waals surface area contributed by atoms with Crippen LogP contribution in [0.2, 0.25) is 0 Å². The molecule has 1 fully saturated rings. The zero-order valence-electron chi connectivity index (χ0n) is 16.2. The molecule has 1 aliphatic carbocycles. The topological polar surface area (TPSA) is 29.1 Å². The fourth-order valence-electron chi connectivity index (χ4n) is 3.21. The van der Waals surface area contributed by atoms with Gasteiger partial charge in [0.25, 0.3) is 0 Å². The minimum Gasteiger partial charge on any atom is -0.353 e. The molecule has 0 radical (unpaired) electrons. The first kappa shape index (κ1) is 21.3. The Morgan fingerprint density at radius 2 is 1.38 bits per heavy atom. The first-order valence-electron chi connectivity index (χ1n) is 10.8. The summed E-state index contributed by atoms with van der Waals surface area (Å²) in [5, 5.41) is 3.12. The molecule has 1 N–H and O–H groups in total. The Kier molecular flexibility index (Phi) is 13.9. The molecule has 0 bridgehead atoms. The van der Waals surface area contributed by atoms with Gasteiger partial charge in [0, 0.05) is 12.5 Å². The molecule has 24 heavy (non-hydrogen) atoms. The SMILES string of the molecule is CCCCCCCC/C=C\CCCCCCCC(=O)NC1CCC1. The number of hydrogen-bond donors (Lipinski definition) is 1. The first-order chi connectivity index (χ1) is 11.8. The van der Waals surface area contributed by atoms with E-state index < -0.39 is 0 Å². The number of rotatable bonds is 16. The summed E-state index contributed by atoms with van der Waals surface area (Å²) in [6, 6.07) is 0.501. The average Bonchev–Trinajstić information content (AvgIpc) is 2.54. The van der Waals surface area contributed by atoms with Crippen molar-refractivity contribution in [3.63, 3.8) is 0 Å². The third-order valence-corrected chi connectivity index (χ3v) is 5.14. The van der Waals surface area contributed by atoms with Crippen LogP contribution in [0.5, 0.6) is 0 Å². The maximum absolute atomic E-state index is 11.7. The van der Waals surface area contributed by atoms with Gasteiger partial charge in [0.2, 0.25) is 5.91 Å². The van der Waals surface area contributed by atoms with Gasteiger partial charge in [-0.2, -0.15) is 0 Å². The summed E-state index contributed by atoms with van der Waals surface area (Å²) in [5.74, 6) is 0.275. The van der Waals surface area contributed by atoms with E-state index in [1.165, 1.54) is 96.3 Å². The summed E-state index contributed by atoms with van der Waals surface area (Å²) >= 11 is 0. The van der Waals surface area contributed by atoms with Crippen molar-refractivity contribution in [1.82, 2.24) is 5.32 Å². The molecular weight excluding hydrogens is 294 g/mol. The molecule has 0 atom stereocenters. The van der Waals surface area contributed by atoms with Crippen molar-refractivity contribution in [1.29, 1.82) is 0 Å². The van der Waals surface area contributed by atoms with Crippen molar-refractivity contribution in [3.8, 4) is 0 Å². The molecule has 1 saturated carbocycles. The number of unbranched alkanes of at least 4 members (excludes halogenated alkanes) is 11. The van der Waals surface area contributed by atoms with Crippen molar-refractivity contribution >= 4 is 5.91 Å². The average molecular weight is 336 g/mol. The maximum Gasteiger partial charge on any atom is 0.220 e. The fourth-order valence-corrected chi connectivity index (χ4v) is 3.21. The second-order valence-electron chi connectivity index (χ2n) is 7.53. The van der Waals surface area contributed by atoms with Crippen molar-refractivity contribution in [3.05, 3.63) is 12.2 Å². The molecule has 1 rings (SSSR count). The van der Waals surface area contributed by atoms with Crippen LogP contribution in [0.15, 0.2) is 12.2 Å². The molecular formula is C22H41NO. The molecule has 0 aliphatic heterocycles. The van der Waals surface area contributed by atoms with Crippen molar-refractivity contribution < 1.29 is 4.79 Å². The van der Waals surface area contributed by atoms with Crippen LogP contribution < -0.4 is 5.32 Å². The minimum absolute atomic E-state index is 0.275. The third kappa shape index (κ3) is 12.6. The summed E-state index contributed by atoms with van der Waals surface area (Å²) < 4.78 is 0. The van der Waals surface area contributed by atoms with Crippen molar-refractivity contribution in [2.24, 2.45) is 0 Å². The van der Waals surface area contributed by atoms with Crippen LogP contribution in [0.25, 0.3) is 0 Å². The monoisotopic (exact) mass is 335 g/mol. The summed E-state index contributed by atoms with van der Waals surface area (Å²) in [6.45, 7) is 2.27. The largest absolute Gasteiger partial charge is 0.353 e. The Labute approximate surface area is 150 Å². The Bertz CT molecular complexity index is 320. The summed E-state index contributed by atoms with van der Waals surface area (Å²) in [7, 11) is 0. The smallest absolute Gasteiger partial charge is 0.220 e. The van der Waals surface area contributed by atoms with E-state index in [4.69, 9.17) is 0 Å². The number of carbonyl (C=O) groups is 1. The second kappa shape index (κ2) is 15.7. The first-order valence-corrected chi connectivity index (χ1v) is 10.8. The van der Waals surface area contributed by atoms with Crippen LogP contribution >= 0.6 is 0 Å². The number of carbonyl (C=O) groups excluding carboxylic acids is 1. The Morgan fingerprint density at radius 1 is 0.833 bits per heavy atom. The highest BCUT2D eigenvalue weighted by Gasteiger charge is 2.18.